The first-order valence-electron chi connectivity index (χ1n) is 6.94. The molecule has 0 spiro atoms. The zero-order valence-corrected chi connectivity index (χ0v) is 12.0. The lowest BCUT2D eigenvalue weighted by Crippen LogP contribution is -2.28. The molecule has 0 aliphatic rings. The first-order valence-corrected chi connectivity index (χ1v) is 6.94. The molecule has 2 aromatic carbocycles. The van der Waals surface area contributed by atoms with Crippen molar-refractivity contribution >= 4 is 17.3 Å². The van der Waals surface area contributed by atoms with Gasteiger partial charge in [-0.1, -0.05) is 36.4 Å². The molecule has 0 radical (unpaired) electrons. The number of carbonyl (C=O) groups excluding carboxylic acids is 1. The SMILES string of the molecule is O=C(c1ccnn1C(F)F)N(c1ccccc1)c1ccccc1. The third kappa shape index (κ3) is 2.96. The summed E-state index contributed by atoms with van der Waals surface area (Å²) in [5, 5.41) is 3.53. The Kier molecular flexibility index (Phi) is 4.14. The summed E-state index contributed by atoms with van der Waals surface area (Å²) < 4.78 is 26.5. The number of anilines is 2. The Labute approximate surface area is 131 Å². The number of benzene rings is 2. The van der Waals surface area contributed by atoms with E-state index in [2.05, 4.69) is 5.10 Å². The van der Waals surface area contributed by atoms with Gasteiger partial charge in [0.05, 0.1) is 0 Å². The fraction of sp³-hybridized carbons (Fsp3) is 0.0588. The molecule has 0 saturated carbocycles. The molecule has 0 aliphatic heterocycles. The van der Waals surface area contributed by atoms with Crippen LogP contribution in [-0.4, -0.2) is 15.7 Å². The minimum atomic E-state index is -2.88. The van der Waals surface area contributed by atoms with Gasteiger partial charge < -0.3 is 0 Å². The van der Waals surface area contributed by atoms with Gasteiger partial charge in [0, 0.05) is 17.6 Å². The molecule has 23 heavy (non-hydrogen) atoms. The van der Waals surface area contributed by atoms with Gasteiger partial charge in [-0.25, -0.2) is 0 Å². The van der Waals surface area contributed by atoms with Gasteiger partial charge in [-0.15, -0.1) is 0 Å². The molecule has 0 bridgehead atoms. The van der Waals surface area contributed by atoms with Gasteiger partial charge in [0.25, 0.3) is 5.91 Å². The summed E-state index contributed by atoms with van der Waals surface area (Å²) in [5.41, 5.74) is 1.00. The quantitative estimate of drug-likeness (QED) is 0.722. The van der Waals surface area contributed by atoms with Crippen LogP contribution in [0, 0.1) is 0 Å². The fourth-order valence-electron chi connectivity index (χ4n) is 2.29. The molecule has 0 fully saturated rings. The number of nitrogens with zero attached hydrogens (tertiary/aromatic N) is 3. The molecule has 0 N–H and O–H groups in total. The van der Waals surface area contributed by atoms with E-state index in [4.69, 9.17) is 0 Å². The average molecular weight is 313 g/mol. The van der Waals surface area contributed by atoms with Crippen molar-refractivity contribution in [2.75, 3.05) is 4.90 Å². The van der Waals surface area contributed by atoms with Crippen LogP contribution in [0.3, 0.4) is 0 Å². The number of carbonyl (C=O) groups is 1. The molecule has 1 aromatic heterocycles. The van der Waals surface area contributed by atoms with Crippen LogP contribution >= 0.6 is 0 Å². The highest BCUT2D eigenvalue weighted by molar-refractivity contribution is 6.09. The molecule has 116 valence electrons. The van der Waals surface area contributed by atoms with Crippen LogP contribution in [0.5, 0.6) is 0 Å². The Morgan fingerprint density at radius 1 is 0.913 bits per heavy atom. The molecule has 0 unspecified atom stereocenters. The van der Waals surface area contributed by atoms with E-state index in [9.17, 15) is 13.6 Å². The summed E-state index contributed by atoms with van der Waals surface area (Å²) >= 11 is 0. The number of aromatic nitrogens is 2. The Morgan fingerprint density at radius 3 is 1.91 bits per heavy atom. The van der Waals surface area contributed by atoms with E-state index in [0.717, 1.165) is 0 Å². The van der Waals surface area contributed by atoms with E-state index in [1.165, 1.54) is 17.2 Å². The largest absolute Gasteiger partial charge is 0.333 e. The number of halogens is 2. The third-order valence-corrected chi connectivity index (χ3v) is 3.31. The molecule has 3 aromatic rings. The highest BCUT2D eigenvalue weighted by Gasteiger charge is 2.25. The summed E-state index contributed by atoms with van der Waals surface area (Å²) in [4.78, 5) is 14.2. The summed E-state index contributed by atoms with van der Waals surface area (Å²) in [5.74, 6) is -0.569. The summed E-state index contributed by atoms with van der Waals surface area (Å²) in [7, 11) is 0. The topological polar surface area (TPSA) is 38.1 Å². The van der Waals surface area contributed by atoms with Crippen LogP contribution in [-0.2, 0) is 0 Å². The highest BCUT2D eigenvalue weighted by Crippen LogP contribution is 2.27. The highest BCUT2D eigenvalue weighted by atomic mass is 19.3. The molecule has 1 heterocycles. The second-order valence-electron chi connectivity index (χ2n) is 4.75. The van der Waals surface area contributed by atoms with Gasteiger partial charge in [0.2, 0.25) is 0 Å². The lowest BCUT2D eigenvalue weighted by atomic mass is 10.2. The number of para-hydroxylation sites is 2. The van der Waals surface area contributed by atoms with Crippen LogP contribution in [0.2, 0.25) is 0 Å². The van der Waals surface area contributed by atoms with E-state index >= 15 is 0 Å². The van der Waals surface area contributed by atoms with E-state index < -0.39 is 12.5 Å². The van der Waals surface area contributed by atoms with E-state index in [1.54, 1.807) is 48.5 Å². The van der Waals surface area contributed by atoms with Crippen molar-refractivity contribution in [1.82, 2.24) is 9.78 Å². The molecule has 1 amide bonds. The second-order valence-corrected chi connectivity index (χ2v) is 4.75. The Morgan fingerprint density at radius 2 is 1.43 bits per heavy atom. The molecule has 3 rings (SSSR count). The van der Waals surface area contributed by atoms with Crippen molar-refractivity contribution in [2.45, 2.75) is 6.55 Å². The first-order chi connectivity index (χ1) is 11.2. The van der Waals surface area contributed by atoms with Gasteiger partial charge in [-0.3, -0.25) is 9.69 Å². The van der Waals surface area contributed by atoms with Crippen LogP contribution in [0.15, 0.2) is 72.9 Å². The lowest BCUT2D eigenvalue weighted by Gasteiger charge is -2.23. The smallest absolute Gasteiger partial charge is 0.276 e. The maximum absolute atomic E-state index is 13.0. The van der Waals surface area contributed by atoms with Gasteiger partial charge in [-0.05, 0) is 30.3 Å². The van der Waals surface area contributed by atoms with Crippen molar-refractivity contribution in [3.05, 3.63) is 78.6 Å². The zero-order chi connectivity index (χ0) is 16.2. The second kappa shape index (κ2) is 6.39. The van der Waals surface area contributed by atoms with Crippen molar-refractivity contribution in [1.29, 1.82) is 0 Å². The number of alkyl halides is 2. The van der Waals surface area contributed by atoms with Crippen molar-refractivity contribution in [3.8, 4) is 0 Å². The lowest BCUT2D eigenvalue weighted by molar-refractivity contribution is 0.0517. The van der Waals surface area contributed by atoms with Crippen LogP contribution < -0.4 is 4.90 Å². The van der Waals surface area contributed by atoms with Crippen LogP contribution in [0.1, 0.15) is 17.0 Å². The van der Waals surface area contributed by atoms with Gasteiger partial charge >= 0.3 is 6.55 Å². The maximum Gasteiger partial charge on any atom is 0.333 e. The maximum atomic E-state index is 13.0. The Hall–Kier alpha value is -3.02. The van der Waals surface area contributed by atoms with Gasteiger partial charge in [0.1, 0.15) is 5.69 Å². The molecule has 0 atom stereocenters. The number of hydrogen-bond acceptors (Lipinski definition) is 2. The van der Waals surface area contributed by atoms with Crippen LogP contribution in [0.4, 0.5) is 20.2 Å². The summed E-state index contributed by atoms with van der Waals surface area (Å²) in [6, 6.07) is 19.0. The molecule has 0 aliphatic carbocycles. The Balaban J connectivity index is 2.09. The monoisotopic (exact) mass is 313 g/mol. The van der Waals surface area contributed by atoms with E-state index in [-0.39, 0.29) is 5.69 Å². The molecule has 4 nitrogen and oxygen atoms in total. The van der Waals surface area contributed by atoms with Crippen molar-refractivity contribution in [3.63, 3.8) is 0 Å². The van der Waals surface area contributed by atoms with E-state index in [0.29, 0.717) is 16.1 Å². The minimum Gasteiger partial charge on any atom is -0.276 e. The summed E-state index contributed by atoms with van der Waals surface area (Å²) in [6.07, 6.45) is 1.19. The number of amides is 1. The third-order valence-electron chi connectivity index (χ3n) is 3.31. The molecule has 0 saturated heterocycles. The van der Waals surface area contributed by atoms with Gasteiger partial charge in [-0.2, -0.15) is 18.6 Å². The number of hydrogen-bond donors (Lipinski definition) is 0. The fourth-order valence-corrected chi connectivity index (χ4v) is 2.29. The zero-order valence-electron chi connectivity index (χ0n) is 12.0. The minimum absolute atomic E-state index is 0.173. The predicted octanol–water partition coefficient (Wildman–Crippen LogP) is 4.26. The average Bonchev–Trinajstić information content (AvgIpc) is 3.07. The standard InChI is InChI=1S/C17H13F2N3O/c18-17(19)22-15(11-12-20-22)16(23)21(13-7-3-1-4-8-13)14-9-5-2-6-10-14/h1-12,17H. The first kappa shape index (κ1) is 14.9. The van der Waals surface area contributed by atoms with Crippen LogP contribution in [0.25, 0.3) is 0 Å². The van der Waals surface area contributed by atoms with Crippen molar-refractivity contribution < 1.29 is 13.6 Å². The Bertz CT molecular complexity index is 748. The predicted molar refractivity (Wildman–Crippen MR) is 82.8 cm³/mol. The van der Waals surface area contributed by atoms with Gasteiger partial charge in [0.15, 0.2) is 0 Å². The molecular weight excluding hydrogens is 300 g/mol. The van der Waals surface area contributed by atoms with Crippen molar-refractivity contribution in [2.24, 2.45) is 0 Å². The molecular formula is C17H13F2N3O. The van der Waals surface area contributed by atoms with E-state index in [1.807, 2.05) is 12.1 Å². The normalized spacial score (nSPS) is 10.7. The number of rotatable bonds is 4. The summed E-state index contributed by atoms with van der Waals surface area (Å²) in [6.45, 7) is -2.88. The molecule has 6 heteroatoms.